The van der Waals surface area contributed by atoms with E-state index in [1.165, 1.54) is 6.92 Å². The fourth-order valence-electron chi connectivity index (χ4n) is 1.34. The standard InChI is InChI=1S/C11H8Cl2N2O/c1-6(16)11-14-5-10(15-11)8-3-2-7(12)4-9(8)13/h2-5H,1H3,(H,14,15). The molecular formula is C11H8Cl2N2O. The molecule has 0 bridgehead atoms. The highest BCUT2D eigenvalue weighted by molar-refractivity contribution is 6.36. The first-order valence-corrected chi connectivity index (χ1v) is 5.35. The second kappa shape index (κ2) is 4.28. The molecule has 5 heteroatoms. The predicted octanol–water partition coefficient (Wildman–Crippen LogP) is 3.59. The maximum Gasteiger partial charge on any atom is 0.194 e. The molecule has 0 atom stereocenters. The van der Waals surface area contributed by atoms with Crippen molar-refractivity contribution in [3.63, 3.8) is 0 Å². The molecule has 0 saturated carbocycles. The summed E-state index contributed by atoms with van der Waals surface area (Å²) in [6.07, 6.45) is 1.58. The van der Waals surface area contributed by atoms with Gasteiger partial charge in [-0.1, -0.05) is 23.2 Å². The van der Waals surface area contributed by atoms with Crippen LogP contribution in [-0.2, 0) is 0 Å². The molecular weight excluding hydrogens is 247 g/mol. The summed E-state index contributed by atoms with van der Waals surface area (Å²) in [5.74, 6) is 0.206. The van der Waals surface area contributed by atoms with Crippen LogP contribution >= 0.6 is 23.2 Å². The van der Waals surface area contributed by atoms with Crippen molar-refractivity contribution in [1.29, 1.82) is 0 Å². The first-order chi connectivity index (χ1) is 7.58. The van der Waals surface area contributed by atoms with Crippen molar-refractivity contribution in [1.82, 2.24) is 9.97 Å². The third-order valence-electron chi connectivity index (χ3n) is 2.13. The fourth-order valence-corrected chi connectivity index (χ4v) is 1.86. The summed E-state index contributed by atoms with van der Waals surface area (Å²) in [6, 6.07) is 5.16. The van der Waals surface area contributed by atoms with Crippen molar-refractivity contribution < 1.29 is 4.79 Å². The molecule has 3 nitrogen and oxygen atoms in total. The van der Waals surface area contributed by atoms with Gasteiger partial charge in [-0.05, 0) is 18.2 Å². The Morgan fingerprint density at radius 1 is 1.38 bits per heavy atom. The van der Waals surface area contributed by atoms with Crippen LogP contribution in [0.15, 0.2) is 24.4 Å². The van der Waals surface area contributed by atoms with E-state index in [0.29, 0.717) is 21.6 Å². The van der Waals surface area contributed by atoms with Gasteiger partial charge in [-0.25, -0.2) is 4.98 Å². The molecule has 0 aliphatic rings. The highest BCUT2D eigenvalue weighted by atomic mass is 35.5. The molecule has 0 unspecified atom stereocenters. The molecule has 0 aliphatic heterocycles. The summed E-state index contributed by atoms with van der Waals surface area (Å²) in [7, 11) is 0. The molecule has 0 spiro atoms. The van der Waals surface area contributed by atoms with Crippen molar-refractivity contribution in [3.05, 3.63) is 40.3 Å². The molecule has 2 rings (SSSR count). The van der Waals surface area contributed by atoms with Crippen LogP contribution in [-0.4, -0.2) is 15.8 Å². The summed E-state index contributed by atoms with van der Waals surface area (Å²) >= 11 is 11.8. The molecule has 1 heterocycles. The van der Waals surface area contributed by atoms with E-state index in [-0.39, 0.29) is 5.78 Å². The minimum Gasteiger partial charge on any atom is -0.335 e. The molecule has 0 aliphatic carbocycles. The number of rotatable bonds is 2. The van der Waals surface area contributed by atoms with Gasteiger partial charge in [0.25, 0.3) is 0 Å². The topological polar surface area (TPSA) is 45.8 Å². The van der Waals surface area contributed by atoms with E-state index >= 15 is 0 Å². The fraction of sp³-hybridized carbons (Fsp3) is 0.0909. The third-order valence-corrected chi connectivity index (χ3v) is 2.68. The number of halogens is 2. The molecule has 2 aromatic rings. The molecule has 0 amide bonds. The predicted molar refractivity (Wildman–Crippen MR) is 64.0 cm³/mol. The number of carbonyl (C=O) groups excluding carboxylic acids is 1. The Morgan fingerprint density at radius 3 is 2.69 bits per heavy atom. The second-order valence-corrected chi connectivity index (χ2v) is 4.17. The number of aromatic nitrogens is 2. The van der Waals surface area contributed by atoms with Crippen LogP contribution in [0.4, 0.5) is 0 Å². The monoisotopic (exact) mass is 254 g/mol. The number of imidazole rings is 1. The normalized spacial score (nSPS) is 10.4. The van der Waals surface area contributed by atoms with E-state index in [2.05, 4.69) is 9.97 Å². The zero-order valence-electron chi connectivity index (χ0n) is 8.42. The van der Waals surface area contributed by atoms with E-state index < -0.39 is 0 Å². The summed E-state index contributed by atoms with van der Waals surface area (Å²) in [6.45, 7) is 1.45. The number of hydrogen-bond donors (Lipinski definition) is 1. The van der Waals surface area contributed by atoms with Crippen LogP contribution < -0.4 is 0 Å². The van der Waals surface area contributed by atoms with Gasteiger partial charge in [-0.3, -0.25) is 4.79 Å². The Hall–Kier alpha value is -1.32. The van der Waals surface area contributed by atoms with Crippen molar-refractivity contribution in [2.45, 2.75) is 6.92 Å². The average Bonchev–Trinajstić information content (AvgIpc) is 2.66. The van der Waals surface area contributed by atoms with Crippen LogP contribution in [0, 0.1) is 0 Å². The Labute approximate surface area is 102 Å². The first-order valence-electron chi connectivity index (χ1n) is 4.59. The quantitative estimate of drug-likeness (QED) is 0.833. The average molecular weight is 255 g/mol. The van der Waals surface area contributed by atoms with Gasteiger partial charge in [-0.15, -0.1) is 0 Å². The molecule has 16 heavy (non-hydrogen) atoms. The summed E-state index contributed by atoms with van der Waals surface area (Å²) in [4.78, 5) is 17.9. The molecule has 0 saturated heterocycles. The highest BCUT2D eigenvalue weighted by Crippen LogP contribution is 2.28. The number of aromatic amines is 1. The van der Waals surface area contributed by atoms with Gasteiger partial charge in [0.2, 0.25) is 0 Å². The van der Waals surface area contributed by atoms with Crippen LogP contribution in [0.25, 0.3) is 11.3 Å². The Balaban J connectivity index is 2.46. The number of nitrogens with zero attached hydrogens (tertiary/aromatic N) is 1. The number of nitrogens with one attached hydrogen (secondary N) is 1. The molecule has 1 aromatic carbocycles. The number of H-pyrrole nitrogens is 1. The van der Waals surface area contributed by atoms with Gasteiger partial charge in [0.1, 0.15) is 0 Å². The lowest BCUT2D eigenvalue weighted by atomic mass is 10.2. The first kappa shape index (κ1) is 11.2. The van der Waals surface area contributed by atoms with E-state index in [1.54, 1.807) is 24.4 Å². The summed E-state index contributed by atoms with van der Waals surface area (Å²) < 4.78 is 0. The van der Waals surface area contributed by atoms with Gasteiger partial charge >= 0.3 is 0 Å². The lowest BCUT2D eigenvalue weighted by Crippen LogP contribution is -1.94. The second-order valence-electron chi connectivity index (χ2n) is 3.33. The van der Waals surface area contributed by atoms with Crippen molar-refractivity contribution in [2.24, 2.45) is 0 Å². The summed E-state index contributed by atoms with van der Waals surface area (Å²) in [5, 5.41) is 1.09. The van der Waals surface area contributed by atoms with Gasteiger partial charge in [0.15, 0.2) is 11.6 Å². The molecule has 0 radical (unpaired) electrons. The Bertz CT molecular complexity index is 549. The van der Waals surface area contributed by atoms with Gasteiger partial charge in [0, 0.05) is 17.5 Å². The van der Waals surface area contributed by atoms with Gasteiger partial charge < -0.3 is 4.98 Å². The Kier molecular flexibility index (Phi) is 2.99. The molecule has 1 N–H and O–H groups in total. The number of hydrogen-bond acceptors (Lipinski definition) is 2. The lowest BCUT2D eigenvalue weighted by Gasteiger charge is -2.01. The largest absolute Gasteiger partial charge is 0.335 e. The van der Waals surface area contributed by atoms with Crippen LogP contribution in [0.1, 0.15) is 17.5 Å². The maximum atomic E-state index is 11.1. The number of carbonyl (C=O) groups is 1. The van der Waals surface area contributed by atoms with E-state index in [4.69, 9.17) is 23.2 Å². The van der Waals surface area contributed by atoms with Crippen LogP contribution in [0.5, 0.6) is 0 Å². The zero-order chi connectivity index (χ0) is 11.7. The van der Waals surface area contributed by atoms with Gasteiger partial charge in [0.05, 0.1) is 16.9 Å². The summed E-state index contributed by atoms with van der Waals surface area (Å²) in [5.41, 5.74) is 1.47. The van der Waals surface area contributed by atoms with E-state index in [9.17, 15) is 4.79 Å². The Morgan fingerprint density at radius 2 is 2.12 bits per heavy atom. The molecule has 82 valence electrons. The van der Waals surface area contributed by atoms with Crippen LogP contribution in [0.3, 0.4) is 0 Å². The third kappa shape index (κ3) is 2.10. The maximum absolute atomic E-state index is 11.1. The van der Waals surface area contributed by atoms with Crippen molar-refractivity contribution in [2.75, 3.05) is 0 Å². The van der Waals surface area contributed by atoms with Gasteiger partial charge in [-0.2, -0.15) is 0 Å². The molecule has 1 aromatic heterocycles. The van der Waals surface area contributed by atoms with E-state index in [1.807, 2.05) is 0 Å². The molecule has 0 fully saturated rings. The van der Waals surface area contributed by atoms with E-state index in [0.717, 1.165) is 5.56 Å². The number of ketones is 1. The lowest BCUT2D eigenvalue weighted by molar-refractivity contribution is 0.100. The number of Topliss-reactive ketones (excluding diaryl/α,β-unsaturated/α-hetero) is 1. The smallest absolute Gasteiger partial charge is 0.194 e. The van der Waals surface area contributed by atoms with Crippen molar-refractivity contribution >= 4 is 29.0 Å². The minimum atomic E-state index is -0.115. The van der Waals surface area contributed by atoms with Crippen molar-refractivity contribution in [3.8, 4) is 11.3 Å². The number of benzene rings is 1. The minimum absolute atomic E-state index is 0.115. The SMILES string of the molecule is CC(=O)c1ncc(-c2ccc(Cl)cc2Cl)[nH]1. The van der Waals surface area contributed by atoms with Crippen LogP contribution in [0.2, 0.25) is 10.0 Å². The zero-order valence-corrected chi connectivity index (χ0v) is 9.93. The highest BCUT2D eigenvalue weighted by Gasteiger charge is 2.09.